The molecule has 4 heteroatoms. The molecule has 4 nitrogen and oxygen atoms in total. The molecule has 0 bridgehead atoms. The lowest BCUT2D eigenvalue weighted by molar-refractivity contribution is 0.128. The highest BCUT2D eigenvalue weighted by Gasteiger charge is 2.24. The summed E-state index contributed by atoms with van der Waals surface area (Å²) >= 11 is 0. The van der Waals surface area contributed by atoms with Gasteiger partial charge in [0.1, 0.15) is 0 Å². The van der Waals surface area contributed by atoms with Crippen molar-refractivity contribution in [2.45, 2.75) is 39.5 Å². The first kappa shape index (κ1) is 8.56. The van der Waals surface area contributed by atoms with Crippen LogP contribution in [0.4, 0.5) is 0 Å². The number of nitrogens with one attached hydrogen (secondary N) is 1. The molecule has 2 heterocycles. The molecule has 0 saturated heterocycles. The summed E-state index contributed by atoms with van der Waals surface area (Å²) in [6.07, 6.45) is 0. The Morgan fingerprint density at radius 3 is 2.62 bits per heavy atom. The van der Waals surface area contributed by atoms with E-state index in [0.717, 1.165) is 11.3 Å². The Balaban J connectivity index is 2.58. The highest BCUT2D eigenvalue weighted by molar-refractivity contribution is 5.19. The van der Waals surface area contributed by atoms with Crippen molar-refractivity contribution in [3.8, 4) is 0 Å². The first-order chi connectivity index (χ1) is 6.00. The predicted molar refractivity (Wildman–Crippen MR) is 48.5 cm³/mol. The maximum Gasteiger partial charge on any atom is 0.272 e. The summed E-state index contributed by atoms with van der Waals surface area (Å²) in [7, 11) is 0. The van der Waals surface area contributed by atoms with Crippen molar-refractivity contribution in [3.63, 3.8) is 0 Å². The average molecular weight is 182 g/mol. The minimum absolute atomic E-state index is 0.0556. The van der Waals surface area contributed by atoms with E-state index in [-0.39, 0.29) is 11.1 Å². The molecule has 1 aliphatic heterocycles. The van der Waals surface area contributed by atoms with Crippen molar-refractivity contribution in [1.82, 2.24) is 9.78 Å². The lowest BCUT2D eigenvalue weighted by atomic mass is 10.1. The highest BCUT2D eigenvalue weighted by Crippen LogP contribution is 2.17. The molecule has 0 unspecified atom stereocenters. The van der Waals surface area contributed by atoms with E-state index in [1.54, 1.807) is 4.68 Å². The normalized spacial score (nSPS) is 16.2. The lowest BCUT2D eigenvalue weighted by Gasteiger charge is -2.19. The number of hydrogen-bond donors (Lipinski definition) is 1. The fourth-order valence-corrected chi connectivity index (χ4v) is 1.51. The second kappa shape index (κ2) is 2.48. The maximum atomic E-state index is 11.8. The van der Waals surface area contributed by atoms with Gasteiger partial charge in [-0.25, -0.2) is 4.68 Å². The second-order valence-electron chi connectivity index (χ2n) is 4.37. The van der Waals surface area contributed by atoms with Gasteiger partial charge in [-0.1, -0.05) is 0 Å². The third-order valence-corrected chi connectivity index (χ3v) is 2.24. The summed E-state index contributed by atoms with van der Waals surface area (Å²) in [5.41, 5.74) is 1.59. The van der Waals surface area contributed by atoms with Gasteiger partial charge in [0.25, 0.3) is 5.56 Å². The number of ether oxygens (including phenoxy) is 1. The van der Waals surface area contributed by atoms with Crippen LogP contribution >= 0.6 is 0 Å². The van der Waals surface area contributed by atoms with E-state index in [2.05, 4.69) is 5.10 Å². The molecule has 0 spiro atoms. The van der Waals surface area contributed by atoms with E-state index in [0.29, 0.717) is 13.2 Å². The number of rotatable bonds is 0. The third kappa shape index (κ3) is 1.21. The fourth-order valence-electron chi connectivity index (χ4n) is 1.51. The molecule has 13 heavy (non-hydrogen) atoms. The zero-order valence-electron chi connectivity index (χ0n) is 8.18. The Morgan fingerprint density at radius 2 is 2.08 bits per heavy atom. The van der Waals surface area contributed by atoms with Gasteiger partial charge in [0.2, 0.25) is 0 Å². The van der Waals surface area contributed by atoms with E-state index in [1.165, 1.54) is 0 Å². The molecule has 1 aromatic heterocycles. The van der Waals surface area contributed by atoms with Gasteiger partial charge in [0.15, 0.2) is 0 Å². The molecule has 0 aromatic carbocycles. The molecular weight excluding hydrogens is 168 g/mol. The molecule has 1 aromatic rings. The summed E-state index contributed by atoms with van der Waals surface area (Å²) in [6.45, 7) is 6.99. The van der Waals surface area contributed by atoms with Crippen molar-refractivity contribution >= 4 is 0 Å². The van der Waals surface area contributed by atoms with Crippen molar-refractivity contribution < 1.29 is 4.74 Å². The number of hydrogen-bond acceptors (Lipinski definition) is 2. The van der Waals surface area contributed by atoms with Crippen LogP contribution < -0.4 is 5.56 Å². The topological polar surface area (TPSA) is 47.0 Å². The summed E-state index contributed by atoms with van der Waals surface area (Å²) < 4.78 is 6.83. The zero-order valence-corrected chi connectivity index (χ0v) is 8.18. The van der Waals surface area contributed by atoms with Gasteiger partial charge in [-0.05, 0) is 20.8 Å². The molecule has 1 N–H and O–H groups in total. The molecule has 0 atom stereocenters. The van der Waals surface area contributed by atoms with Crippen molar-refractivity contribution in [2.75, 3.05) is 0 Å². The fraction of sp³-hybridized carbons (Fsp3) is 0.667. The molecule has 2 rings (SSSR count). The third-order valence-electron chi connectivity index (χ3n) is 2.24. The molecule has 0 aliphatic carbocycles. The number of nitrogens with zero attached hydrogens (tertiary/aromatic N) is 1. The predicted octanol–water partition coefficient (Wildman–Crippen LogP) is 0.962. The average Bonchev–Trinajstić information content (AvgIpc) is 2.51. The van der Waals surface area contributed by atoms with Crippen LogP contribution in [0.15, 0.2) is 4.79 Å². The van der Waals surface area contributed by atoms with E-state index in [4.69, 9.17) is 4.74 Å². The summed E-state index contributed by atoms with van der Waals surface area (Å²) in [5.74, 6) is 0. The van der Waals surface area contributed by atoms with Crippen LogP contribution in [0.5, 0.6) is 0 Å². The van der Waals surface area contributed by atoms with Crippen LogP contribution in [0.25, 0.3) is 0 Å². The van der Waals surface area contributed by atoms with Crippen LogP contribution in [-0.4, -0.2) is 9.78 Å². The molecule has 0 fully saturated rings. The van der Waals surface area contributed by atoms with Gasteiger partial charge < -0.3 is 4.74 Å². The van der Waals surface area contributed by atoms with Crippen molar-refractivity contribution in [1.29, 1.82) is 0 Å². The number of fused-ring (bicyclic) bond motifs is 1. The van der Waals surface area contributed by atoms with Gasteiger partial charge >= 0.3 is 0 Å². The van der Waals surface area contributed by atoms with Gasteiger partial charge in [-0.2, -0.15) is 0 Å². The Bertz CT molecular complexity index is 381. The van der Waals surface area contributed by atoms with Gasteiger partial charge in [0.05, 0.1) is 30.0 Å². The molecule has 72 valence electrons. The Labute approximate surface area is 76.5 Å². The summed E-state index contributed by atoms with van der Waals surface area (Å²) in [5, 5.41) is 3.08. The number of aromatic amines is 1. The summed E-state index contributed by atoms with van der Waals surface area (Å²) in [6, 6.07) is 0. The minimum Gasteiger partial charge on any atom is -0.370 e. The quantitative estimate of drug-likeness (QED) is 0.649. The lowest BCUT2D eigenvalue weighted by Crippen LogP contribution is -2.33. The van der Waals surface area contributed by atoms with E-state index >= 15 is 0 Å². The Hall–Kier alpha value is -1.03. The number of H-pyrrole nitrogens is 1. The summed E-state index contributed by atoms with van der Waals surface area (Å²) in [4.78, 5) is 11.8. The van der Waals surface area contributed by atoms with Crippen LogP contribution in [0.2, 0.25) is 0 Å². The van der Waals surface area contributed by atoms with Crippen LogP contribution in [0, 0.1) is 0 Å². The molecule has 0 amide bonds. The molecule has 1 aliphatic rings. The number of aromatic nitrogens is 2. The van der Waals surface area contributed by atoms with Gasteiger partial charge in [0, 0.05) is 0 Å². The van der Waals surface area contributed by atoms with Gasteiger partial charge in [-0.15, -0.1) is 0 Å². The van der Waals surface area contributed by atoms with Crippen LogP contribution in [0.3, 0.4) is 0 Å². The SMILES string of the molecule is CC(C)(C)n1[nH]c2c(c1=O)COC2. The monoisotopic (exact) mass is 182 g/mol. The van der Waals surface area contributed by atoms with Crippen LogP contribution in [-0.2, 0) is 23.5 Å². The zero-order chi connectivity index (χ0) is 9.64. The van der Waals surface area contributed by atoms with Crippen molar-refractivity contribution in [3.05, 3.63) is 21.6 Å². The standard InChI is InChI=1S/C9H14N2O2/c1-9(2,3)11-8(12)6-4-13-5-7(6)10-11/h10H,4-5H2,1-3H3. The Kier molecular flexibility index (Phi) is 1.63. The highest BCUT2D eigenvalue weighted by atomic mass is 16.5. The molecule has 0 radical (unpaired) electrons. The largest absolute Gasteiger partial charge is 0.370 e. The van der Waals surface area contributed by atoms with E-state index in [1.807, 2.05) is 20.8 Å². The van der Waals surface area contributed by atoms with Crippen molar-refractivity contribution in [2.24, 2.45) is 0 Å². The smallest absolute Gasteiger partial charge is 0.272 e. The van der Waals surface area contributed by atoms with E-state index < -0.39 is 0 Å². The maximum absolute atomic E-state index is 11.8. The second-order valence-corrected chi connectivity index (χ2v) is 4.37. The van der Waals surface area contributed by atoms with E-state index in [9.17, 15) is 4.79 Å². The molecular formula is C9H14N2O2. The molecule has 0 saturated carbocycles. The Morgan fingerprint density at radius 1 is 1.38 bits per heavy atom. The minimum atomic E-state index is -0.179. The van der Waals surface area contributed by atoms with Crippen LogP contribution in [0.1, 0.15) is 32.0 Å². The first-order valence-corrected chi connectivity index (χ1v) is 4.41. The van der Waals surface area contributed by atoms with Gasteiger partial charge in [-0.3, -0.25) is 9.89 Å². The first-order valence-electron chi connectivity index (χ1n) is 4.41.